The number of halogens is 1. The lowest BCUT2D eigenvalue weighted by molar-refractivity contribution is 0.00578. The molecular weight excluding hydrogens is 355 g/mol. The predicted octanol–water partition coefficient (Wildman–Crippen LogP) is 4.65. The van der Waals surface area contributed by atoms with Crippen LogP contribution in [0.1, 0.15) is 27.7 Å². The van der Waals surface area contributed by atoms with Gasteiger partial charge >= 0.3 is 7.12 Å². The molecule has 0 amide bonds. The average Bonchev–Trinajstić information content (AvgIpc) is 2.95. The van der Waals surface area contributed by atoms with Crippen LogP contribution in [0.4, 0.5) is 0 Å². The third kappa shape index (κ3) is 2.18. The van der Waals surface area contributed by atoms with E-state index in [2.05, 4.69) is 49.7 Å². The fraction of sp³-hybridized carbons (Fsp3) is 0.333. The van der Waals surface area contributed by atoms with Gasteiger partial charge in [-0.25, -0.2) is 0 Å². The molecule has 4 rings (SSSR count). The van der Waals surface area contributed by atoms with E-state index >= 15 is 0 Å². The van der Waals surface area contributed by atoms with Crippen molar-refractivity contribution in [3.05, 3.63) is 40.9 Å². The van der Waals surface area contributed by atoms with Crippen LogP contribution >= 0.6 is 15.9 Å². The smallest absolute Gasteiger partial charge is 0.456 e. The van der Waals surface area contributed by atoms with Gasteiger partial charge in [0.2, 0.25) is 0 Å². The van der Waals surface area contributed by atoms with Gasteiger partial charge in [-0.3, -0.25) is 0 Å². The Morgan fingerprint density at radius 1 is 0.913 bits per heavy atom. The first-order chi connectivity index (χ1) is 10.8. The van der Waals surface area contributed by atoms with E-state index in [1.165, 1.54) is 0 Å². The van der Waals surface area contributed by atoms with Crippen molar-refractivity contribution in [2.45, 2.75) is 38.9 Å². The lowest BCUT2D eigenvalue weighted by atomic mass is 9.78. The van der Waals surface area contributed by atoms with Crippen LogP contribution in [0.3, 0.4) is 0 Å². The highest BCUT2D eigenvalue weighted by atomic mass is 79.9. The van der Waals surface area contributed by atoms with E-state index in [-0.39, 0.29) is 11.2 Å². The maximum Gasteiger partial charge on any atom is 0.498 e. The minimum absolute atomic E-state index is 0.372. The first-order valence-corrected chi connectivity index (χ1v) is 8.55. The topological polar surface area (TPSA) is 31.6 Å². The summed E-state index contributed by atoms with van der Waals surface area (Å²) in [5, 5.41) is 2.15. The zero-order valence-electron chi connectivity index (χ0n) is 13.6. The Bertz CT molecular complexity index is 897. The normalized spacial score (nSPS) is 19.8. The first-order valence-electron chi connectivity index (χ1n) is 7.75. The molecule has 2 aromatic carbocycles. The Labute approximate surface area is 144 Å². The molecule has 0 N–H and O–H groups in total. The second-order valence-corrected chi connectivity index (χ2v) is 7.88. The Morgan fingerprint density at radius 3 is 2.26 bits per heavy atom. The van der Waals surface area contributed by atoms with Gasteiger partial charge in [0, 0.05) is 20.7 Å². The summed E-state index contributed by atoms with van der Waals surface area (Å²) < 4.78 is 19.5. The Balaban J connectivity index is 1.94. The van der Waals surface area contributed by atoms with E-state index in [0.29, 0.717) is 0 Å². The summed E-state index contributed by atoms with van der Waals surface area (Å²) in [5.41, 5.74) is 1.87. The molecule has 0 unspecified atom stereocenters. The Morgan fingerprint density at radius 2 is 1.57 bits per heavy atom. The summed E-state index contributed by atoms with van der Waals surface area (Å²) in [7, 11) is -0.434. The van der Waals surface area contributed by atoms with Crippen LogP contribution in [0.2, 0.25) is 0 Å². The van der Waals surface area contributed by atoms with E-state index < -0.39 is 7.12 Å². The maximum absolute atomic E-state index is 6.20. The number of hydrogen-bond acceptors (Lipinski definition) is 3. The highest BCUT2D eigenvalue weighted by Gasteiger charge is 2.52. The van der Waals surface area contributed by atoms with Gasteiger partial charge in [-0.05, 0) is 39.8 Å². The number of fused-ring (bicyclic) bond motifs is 3. The lowest BCUT2D eigenvalue weighted by Gasteiger charge is -2.32. The average molecular weight is 373 g/mol. The molecule has 3 aromatic rings. The van der Waals surface area contributed by atoms with Crippen LogP contribution in [-0.2, 0) is 9.31 Å². The van der Waals surface area contributed by atoms with Gasteiger partial charge < -0.3 is 13.7 Å². The molecule has 118 valence electrons. The Hall–Kier alpha value is -1.30. The third-order valence-corrected chi connectivity index (χ3v) is 5.67. The molecule has 0 aliphatic carbocycles. The van der Waals surface area contributed by atoms with Crippen molar-refractivity contribution < 1.29 is 13.7 Å². The highest BCUT2D eigenvalue weighted by molar-refractivity contribution is 9.10. The van der Waals surface area contributed by atoms with E-state index in [1.807, 2.05) is 30.3 Å². The number of hydrogen-bond donors (Lipinski definition) is 0. The highest BCUT2D eigenvalue weighted by Crippen LogP contribution is 2.39. The maximum atomic E-state index is 6.20. The van der Waals surface area contributed by atoms with Gasteiger partial charge in [0.05, 0.1) is 11.2 Å². The second-order valence-electron chi connectivity index (χ2n) is 7.03. The molecule has 1 fully saturated rings. The van der Waals surface area contributed by atoms with Crippen molar-refractivity contribution in [3.63, 3.8) is 0 Å². The number of benzene rings is 2. The Kier molecular flexibility index (Phi) is 3.22. The molecule has 2 heterocycles. The molecule has 0 atom stereocenters. The molecule has 23 heavy (non-hydrogen) atoms. The molecule has 1 aliphatic heterocycles. The summed E-state index contributed by atoms with van der Waals surface area (Å²) >= 11 is 3.64. The van der Waals surface area contributed by atoms with Crippen LogP contribution in [0.15, 0.2) is 45.3 Å². The van der Waals surface area contributed by atoms with E-state index in [4.69, 9.17) is 13.7 Å². The summed E-state index contributed by atoms with van der Waals surface area (Å²) in [6.07, 6.45) is 0. The zero-order valence-corrected chi connectivity index (χ0v) is 15.2. The zero-order chi connectivity index (χ0) is 16.4. The largest absolute Gasteiger partial charge is 0.498 e. The lowest BCUT2D eigenvalue weighted by Crippen LogP contribution is -2.41. The molecule has 3 nitrogen and oxygen atoms in total. The molecule has 1 saturated heterocycles. The first kappa shape index (κ1) is 15.2. The predicted molar refractivity (Wildman–Crippen MR) is 97.1 cm³/mol. The fourth-order valence-electron chi connectivity index (χ4n) is 2.96. The van der Waals surface area contributed by atoms with Crippen molar-refractivity contribution >= 4 is 50.4 Å². The molecule has 1 aliphatic rings. The molecule has 0 saturated carbocycles. The third-order valence-electron chi connectivity index (χ3n) is 5.01. The van der Waals surface area contributed by atoms with Crippen LogP contribution in [0, 0.1) is 0 Å². The van der Waals surface area contributed by atoms with Gasteiger partial charge in [-0.1, -0.05) is 40.2 Å². The summed E-state index contributed by atoms with van der Waals surface area (Å²) in [6, 6.07) is 12.1. The van der Waals surface area contributed by atoms with Crippen molar-refractivity contribution in [1.82, 2.24) is 0 Å². The molecule has 5 heteroatoms. The van der Waals surface area contributed by atoms with Crippen LogP contribution in [0.5, 0.6) is 0 Å². The molecule has 1 aromatic heterocycles. The van der Waals surface area contributed by atoms with Crippen LogP contribution in [-0.4, -0.2) is 18.3 Å². The van der Waals surface area contributed by atoms with E-state index in [1.54, 1.807) is 0 Å². The molecule has 0 spiro atoms. The molecular formula is C18H18BBrO3. The van der Waals surface area contributed by atoms with Gasteiger partial charge in [0.1, 0.15) is 11.2 Å². The number of para-hydroxylation sites is 1. The quantitative estimate of drug-likeness (QED) is 0.583. The fourth-order valence-corrected chi connectivity index (χ4v) is 3.49. The molecule has 0 radical (unpaired) electrons. The minimum atomic E-state index is -0.434. The van der Waals surface area contributed by atoms with Crippen molar-refractivity contribution in [1.29, 1.82) is 0 Å². The van der Waals surface area contributed by atoms with Gasteiger partial charge in [0.25, 0.3) is 0 Å². The van der Waals surface area contributed by atoms with Gasteiger partial charge in [-0.15, -0.1) is 0 Å². The van der Waals surface area contributed by atoms with E-state index in [0.717, 1.165) is 31.9 Å². The van der Waals surface area contributed by atoms with Crippen molar-refractivity contribution in [2.24, 2.45) is 0 Å². The number of rotatable bonds is 1. The SMILES string of the molecule is CC1(C)OB(c2ccc(Br)c3c2oc2ccccc23)OC1(C)C. The molecule has 0 bridgehead atoms. The summed E-state index contributed by atoms with van der Waals surface area (Å²) in [6.45, 7) is 8.23. The van der Waals surface area contributed by atoms with Gasteiger partial charge in [0.15, 0.2) is 0 Å². The van der Waals surface area contributed by atoms with Crippen LogP contribution in [0.25, 0.3) is 21.9 Å². The minimum Gasteiger partial charge on any atom is -0.456 e. The van der Waals surface area contributed by atoms with Gasteiger partial charge in [-0.2, -0.15) is 0 Å². The summed E-state index contributed by atoms with van der Waals surface area (Å²) in [4.78, 5) is 0. The standard InChI is InChI=1S/C18H18BBrO3/c1-17(2)18(3,4)23-19(22-17)12-9-10-13(20)15-11-7-5-6-8-14(11)21-16(12)15/h5-10H,1-4H3. The number of furan rings is 1. The van der Waals surface area contributed by atoms with Crippen molar-refractivity contribution in [3.8, 4) is 0 Å². The monoisotopic (exact) mass is 372 g/mol. The van der Waals surface area contributed by atoms with Crippen LogP contribution < -0.4 is 5.46 Å². The van der Waals surface area contributed by atoms with Crippen molar-refractivity contribution in [2.75, 3.05) is 0 Å². The second kappa shape index (κ2) is 4.85. The van der Waals surface area contributed by atoms with E-state index in [9.17, 15) is 0 Å². The summed E-state index contributed by atoms with van der Waals surface area (Å²) in [5.74, 6) is 0.